The number of hydrogen-bond acceptors (Lipinski definition) is 2. The zero-order valence-electron chi connectivity index (χ0n) is 15.9. The summed E-state index contributed by atoms with van der Waals surface area (Å²) < 4.78 is 50.5. The summed E-state index contributed by atoms with van der Waals surface area (Å²) in [5.41, 5.74) is 0.337. The van der Waals surface area contributed by atoms with Crippen molar-refractivity contribution in [3.63, 3.8) is 0 Å². The number of ketones is 1. The normalized spacial score (nSPS) is 18.3. The van der Waals surface area contributed by atoms with Crippen LogP contribution < -0.4 is 0 Å². The van der Waals surface area contributed by atoms with Crippen molar-refractivity contribution in [2.24, 2.45) is 5.92 Å². The van der Waals surface area contributed by atoms with E-state index < -0.39 is 5.60 Å². The first-order valence-electron chi connectivity index (χ1n) is 7.22. The minimum atomic E-state index is -0.638. The number of ether oxygens (including phenoxy) is 1. The van der Waals surface area contributed by atoms with Crippen LogP contribution in [0, 0.1) is 58.2 Å². The minimum Gasteiger partial charge on any atom is 0 e. The van der Waals surface area contributed by atoms with Crippen LogP contribution in [0.15, 0.2) is 11.6 Å². The Morgan fingerprint density at radius 2 is 1.43 bits per heavy atom. The maximum atomic E-state index is 12.3. The molecule has 0 unspecified atom stereocenters. The molecular weight excluding hydrogens is 486 g/mol. The number of methoxy groups -OCH3 is 1. The van der Waals surface area contributed by atoms with E-state index >= 15 is 0 Å². The molecule has 1 saturated carbocycles. The molecule has 30 heavy (non-hydrogen) atoms. The Hall–Kier alpha value is -1.62. The van der Waals surface area contributed by atoms with Gasteiger partial charge in [0.05, 0.1) is 5.92 Å². The molecule has 0 N–H and O–H groups in total. The number of carbonyl (C=O) groups excluding carboxylic acids is 1. The van der Waals surface area contributed by atoms with Crippen molar-refractivity contribution in [3.8, 4) is 12.3 Å². The molecule has 2 aliphatic carbocycles. The molecule has 1 fully saturated rings. The van der Waals surface area contributed by atoms with Crippen LogP contribution in [-0.2, 0) is 71.0 Å². The molecule has 0 saturated heterocycles. The van der Waals surface area contributed by atoms with Gasteiger partial charge in [-0.1, -0.05) is 12.0 Å². The van der Waals surface area contributed by atoms with Crippen LogP contribution in [0.3, 0.4) is 0 Å². The Kier molecular flexibility index (Phi) is 59.0. The van der Waals surface area contributed by atoms with Crippen molar-refractivity contribution in [2.75, 3.05) is 7.11 Å². The van der Waals surface area contributed by atoms with Crippen LogP contribution in [0.5, 0.6) is 0 Å². The van der Waals surface area contributed by atoms with E-state index in [1.807, 2.05) is 0 Å². The fourth-order valence-corrected chi connectivity index (χ4v) is 2.91. The first-order chi connectivity index (χ1) is 13.7. The van der Waals surface area contributed by atoms with Crippen molar-refractivity contribution < 1.29 is 71.0 Å². The summed E-state index contributed by atoms with van der Waals surface area (Å²) in [6.45, 7) is 27.0. The average molecular weight is 504 g/mol. The SMILES string of the molecule is C#C[C@@]1(OC)CCC[C@@H]1C(=O)C1=CCCC1.[C-]#[O+].[C-]#[O+].[C-]#[O+].[C-]#[O+].[C-]#[O+].[C-]#[O+].[Co].[Co]. The predicted molar refractivity (Wildman–Crippen MR) is 86.4 cm³/mol. The van der Waals surface area contributed by atoms with Crippen LogP contribution in [0.25, 0.3) is 0 Å². The predicted octanol–water partition coefficient (Wildman–Crippen LogP) is 2.25. The Bertz CT molecular complexity index is 562. The van der Waals surface area contributed by atoms with Gasteiger partial charge >= 0.3 is 67.8 Å². The molecule has 164 valence electrons. The van der Waals surface area contributed by atoms with Gasteiger partial charge in [0.25, 0.3) is 0 Å². The third kappa shape index (κ3) is 16.2. The molecule has 0 spiro atoms. The molecule has 0 aromatic rings. The maximum absolute atomic E-state index is 12.3. The molecule has 0 heterocycles. The van der Waals surface area contributed by atoms with E-state index in [0.29, 0.717) is 0 Å². The maximum Gasteiger partial charge on any atom is 0 e. The third-order valence-electron chi connectivity index (χ3n) is 3.89. The number of carbonyl (C=O) groups is 1. The Morgan fingerprint density at radius 1 is 1.00 bits per heavy atom. The summed E-state index contributed by atoms with van der Waals surface area (Å²) in [7, 11) is 1.62. The largest absolute Gasteiger partial charge is 0 e. The van der Waals surface area contributed by atoms with Gasteiger partial charge in [0.15, 0.2) is 5.78 Å². The Labute approximate surface area is 197 Å². The third-order valence-corrected chi connectivity index (χ3v) is 3.89. The van der Waals surface area contributed by atoms with E-state index in [0.717, 1.165) is 44.1 Å². The zero-order valence-corrected chi connectivity index (χ0v) is 18.0. The van der Waals surface area contributed by atoms with E-state index in [1.165, 1.54) is 0 Å². The summed E-state index contributed by atoms with van der Waals surface area (Å²) in [5, 5.41) is 0. The average Bonchev–Trinajstić information content (AvgIpc) is 3.52. The second-order valence-corrected chi connectivity index (χ2v) is 4.67. The molecule has 10 heteroatoms. The first kappa shape index (κ1) is 46.5. The van der Waals surface area contributed by atoms with Gasteiger partial charge in [-0.2, -0.15) is 0 Å². The Balaban J connectivity index is -0.0000000657. The summed E-state index contributed by atoms with van der Waals surface area (Å²) in [5.74, 6) is 2.82. The van der Waals surface area contributed by atoms with Crippen LogP contribution in [0.2, 0.25) is 0 Å². The summed E-state index contributed by atoms with van der Waals surface area (Å²) in [6, 6.07) is 0. The van der Waals surface area contributed by atoms with E-state index in [2.05, 4.69) is 51.9 Å². The van der Waals surface area contributed by atoms with Gasteiger partial charge in [0.1, 0.15) is 5.60 Å². The van der Waals surface area contributed by atoms with Crippen molar-refractivity contribution in [1.82, 2.24) is 0 Å². The first-order valence-corrected chi connectivity index (χ1v) is 7.22. The molecular formula is C20H18Co2O8. The van der Waals surface area contributed by atoms with Crippen LogP contribution in [0.4, 0.5) is 0 Å². The number of Topliss-reactive ketones (excluding diaryl/α,β-unsaturated/α-hetero) is 1. The van der Waals surface area contributed by atoms with Gasteiger partial charge in [-0.3, -0.25) is 4.79 Å². The second-order valence-electron chi connectivity index (χ2n) is 4.67. The van der Waals surface area contributed by atoms with E-state index in [1.54, 1.807) is 7.11 Å². The molecule has 0 aliphatic heterocycles. The fraction of sp³-hybridized carbons (Fsp3) is 0.450. The molecule has 2 atom stereocenters. The summed E-state index contributed by atoms with van der Waals surface area (Å²) in [4.78, 5) is 12.3. The van der Waals surface area contributed by atoms with Gasteiger partial charge in [0.2, 0.25) is 0 Å². The van der Waals surface area contributed by atoms with Crippen molar-refractivity contribution in [1.29, 1.82) is 0 Å². The van der Waals surface area contributed by atoms with Crippen LogP contribution in [0.1, 0.15) is 38.5 Å². The number of allylic oxidation sites excluding steroid dienone is 2. The van der Waals surface area contributed by atoms with Gasteiger partial charge in [-0.15, -0.1) is 6.42 Å². The molecule has 2 rings (SSSR count). The quantitative estimate of drug-likeness (QED) is 0.330. The van der Waals surface area contributed by atoms with Gasteiger partial charge < -0.3 is 4.74 Å². The molecule has 0 bridgehead atoms. The molecule has 0 amide bonds. The van der Waals surface area contributed by atoms with Gasteiger partial charge in [-0.05, 0) is 44.1 Å². The number of hydrogen-bond donors (Lipinski definition) is 0. The van der Waals surface area contributed by atoms with Crippen molar-refractivity contribution >= 4 is 5.78 Å². The van der Waals surface area contributed by atoms with Gasteiger partial charge in [0, 0.05) is 40.7 Å². The molecule has 2 aliphatic rings. The van der Waals surface area contributed by atoms with Gasteiger partial charge in [-0.25, -0.2) is 0 Å². The van der Waals surface area contributed by atoms with E-state index in [4.69, 9.17) is 39.1 Å². The van der Waals surface area contributed by atoms with E-state index in [-0.39, 0.29) is 45.3 Å². The monoisotopic (exact) mass is 504 g/mol. The summed E-state index contributed by atoms with van der Waals surface area (Å²) >= 11 is 0. The minimum absolute atomic E-state index is 0. The topological polar surface area (TPSA) is 146 Å². The smallest absolute Gasteiger partial charge is 0 e. The van der Waals surface area contributed by atoms with Crippen molar-refractivity contribution in [2.45, 2.75) is 44.1 Å². The zero-order chi connectivity index (χ0) is 23.6. The molecule has 0 aromatic heterocycles. The standard InChI is InChI=1S/C14H18O2.6CO.2Co/c1-3-14(16-2)10-6-9-12(14)13(15)11-7-4-5-8-11;6*1-2;;/h1,7,12H,4-6,8-10H2,2H3;;;;;;;;/t12-,14-;;;;;;;;/m1......../s1. The second kappa shape index (κ2) is 38.0. The summed E-state index contributed by atoms with van der Waals surface area (Å²) in [6.07, 6.45) is 13.3. The molecule has 2 radical (unpaired) electrons. The van der Waals surface area contributed by atoms with Crippen LogP contribution in [-0.4, -0.2) is 18.5 Å². The molecule has 8 nitrogen and oxygen atoms in total. The molecule has 0 aromatic carbocycles. The Morgan fingerprint density at radius 3 is 1.73 bits per heavy atom. The fourth-order valence-electron chi connectivity index (χ4n) is 2.91. The number of rotatable bonds is 3. The van der Waals surface area contributed by atoms with Crippen molar-refractivity contribution in [3.05, 3.63) is 51.6 Å². The number of terminal acetylenes is 1. The van der Waals surface area contributed by atoms with E-state index in [9.17, 15) is 4.79 Å². The van der Waals surface area contributed by atoms with Crippen LogP contribution >= 0.6 is 0 Å².